The Hall–Kier alpha value is -2.34. The molecule has 6 nitrogen and oxygen atoms in total. The standard InChI is InChI=1S/C15H19N3O3/c1-11-9-13(21-18-11)16-14(19)17-15(2,10-20-3)12-7-5-4-6-8-12/h4-9H,10H2,1-3H3,(H2,16,17,19)/t15-/m0/s1. The van der Waals surface area contributed by atoms with E-state index in [4.69, 9.17) is 9.26 Å². The molecule has 6 heteroatoms. The average Bonchev–Trinajstić information content (AvgIpc) is 2.85. The van der Waals surface area contributed by atoms with Crippen LogP contribution in [0, 0.1) is 6.92 Å². The van der Waals surface area contributed by atoms with Gasteiger partial charge in [-0.15, -0.1) is 0 Å². The van der Waals surface area contributed by atoms with E-state index in [1.54, 1.807) is 20.1 Å². The lowest BCUT2D eigenvalue weighted by molar-refractivity contribution is 0.123. The molecule has 0 unspecified atom stereocenters. The van der Waals surface area contributed by atoms with E-state index >= 15 is 0 Å². The first-order chi connectivity index (χ1) is 10.0. The second-order valence-corrected chi connectivity index (χ2v) is 5.04. The number of aromatic nitrogens is 1. The van der Waals surface area contributed by atoms with Crippen molar-refractivity contribution in [3.63, 3.8) is 0 Å². The fourth-order valence-corrected chi connectivity index (χ4v) is 2.10. The molecule has 0 aliphatic rings. The second-order valence-electron chi connectivity index (χ2n) is 5.04. The zero-order chi connectivity index (χ0) is 15.3. The molecule has 0 aliphatic heterocycles. The summed E-state index contributed by atoms with van der Waals surface area (Å²) in [6.07, 6.45) is 0. The number of benzene rings is 1. The van der Waals surface area contributed by atoms with Crippen LogP contribution >= 0.6 is 0 Å². The molecule has 1 aromatic carbocycles. The maximum Gasteiger partial charge on any atom is 0.322 e. The topological polar surface area (TPSA) is 76.4 Å². The molecule has 0 aliphatic carbocycles. The van der Waals surface area contributed by atoms with Gasteiger partial charge in [0.05, 0.1) is 17.8 Å². The lowest BCUT2D eigenvalue weighted by Gasteiger charge is -2.30. The molecule has 1 atom stereocenters. The van der Waals surface area contributed by atoms with Crippen LogP contribution in [0.15, 0.2) is 40.9 Å². The number of nitrogens with one attached hydrogen (secondary N) is 2. The van der Waals surface area contributed by atoms with E-state index in [-0.39, 0.29) is 6.03 Å². The van der Waals surface area contributed by atoms with Gasteiger partial charge >= 0.3 is 6.03 Å². The van der Waals surface area contributed by atoms with Gasteiger partial charge < -0.3 is 14.6 Å². The number of hydrogen-bond acceptors (Lipinski definition) is 4. The molecule has 2 rings (SSSR count). The van der Waals surface area contributed by atoms with Crippen molar-refractivity contribution in [2.45, 2.75) is 19.4 Å². The number of anilines is 1. The van der Waals surface area contributed by atoms with E-state index in [0.717, 1.165) is 5.56 Å². The Balaban J connectivity index is 2.10. The number of carbonyl (C=O) groups excluding carboxylic acids is 1. The van der Waals surface area contributed by atoms with Crippen LogP contribution in [-0.2, 0) is 10.3 Å². The van der Waals surface area contributed by atoms with Crippen LogP contribution in [0.4, 0.5) is 10.7 Å². The van der Waals surface area contributed by atoms with Gasteiger partial charge in [-0.05, 0) is 19.4 Å². The number of methoxy groups -OCH3 is 1. The van der Waals surface area contributed by atoms with E-state index in [2.05, 4.69) is 15.8 Å². The van der Waals surface area contributed by atoms with Crippen molar-refractivity contribution >= 4 is 11.9 Å². The van der Waals surface area contributed by atoms with Crippen molar-refractivity contribution in [2.24, 2.45) is 0 Å². The number of aryl methyl sites for hydroxylation is 1. The smallest absolute Gasteiger partial charge is 0.322 e. The normalized spacial score (nSPS) is 13.5. The van der Waals surface area contributed by atoms with E-state index in [1.165, 1.54) is 0 Å². The highest BCUT2D eigenvalue weighted by Gasteiger charge is 2.28. The maximum absolute atomic E-state index is 12.1. The van der Waals surface area contributed by atoms with Gasteiger partial charge in [0, 0.05) is 13.2 Å². The lowest BCUT2D eigenvalue weighted by atomic mass is 9.93. The number of rotatable bonds is 5. The van der Waals surface area contributed by atoms with Gasteiger partial charge in [-0.1, -0.05) is 35.5 Å². The first-order valence-electron chi connectivity index (χ1n) is 6.60. The minimum absolute atomic E-state index is 0.304. The minimum atomic E-state index is -0.644. The van der Waals surface area contributed by atoms with Crippen LogP contribution in [0.2, 0.25) is 0 Å². The Morgan fingerprint density at radius 3 is 2.67 bits per heavy atom. The fourth-order valence-electron chi connectivity index (χ4n) is 2.10. The highest BCUT2D eigenvalue weighted by molar-refractivity contribution is 5.88. The van der Waals surface area contributed by atoms with Crippen LogP contribution in [0.25, 0.3) is 0 Å². The SMILES string of the molecule is COC[C@](C)(NC(=O)Nc1cc(C)no1)c1ccccc1. The minimum Gasteiger partial charge on any atom is -0.382 e. The molecule has 2 amide bonds. The van der Waals surface area contributed by atoms with Gasteiger partial charge in [-0.3, -0.25) is 5.32 Å². The van der Waals surface area contributed by atoms with Crippen molar-refractivity contribution in [2.75, 3.05) is 19.0 Å². The largest absolute Gasteiger partial charge is 0.382 e. The maximum atomic E-state index is 12.1. The molecule has 112 valence electrons. The quantitative estimate of drug-likeness (QED) is 0.887. The first kappa shape index (κ1) is 15.1. The van der Waals surface area contributed by atoms with E-state index < -0.39 is 5.54 Å². The van der Waals surface area contributed by atoms with Crippen LogP contribution in [0.1, 0.15) is 18.2 Å². The number of nitrogens with zero attached hydrogens (tertiary/aromatic N) is 1. The van der Waals surface area contributed by atoms with Gasteiger partial charge in [0.2, 0.25) is 5.88 Å². The summed E-state index contributed by atoms with van der Waals surface area (Å²) in [5, 5.41) is 9.24. The summed E-state index contributed by atoms with van der Waals surface area (Å²) in [7, 11) is 1.60. The predicted molar refractivity (Wildman–Crippen MR) is 79.1 cm³/mol. The Bertz CT molecular complexity index is 597. The molecule has 0 spiro atoms. The summed E-state index contributed by atoms with van der Waals surface area (Å²) in [5.74, 6) is 0.304. The highest BCUT2D eigenvalue weighted by atomic mass is 16.5. The molecule has 0 saturated heterocycles. The van der Waals surface area contributed by atoms with Gasteiger partial charge in [0.25, 0.3) is 0 Å². The van der Waals surface area contributed by atoms with Crippen LogP contribution in [0.3, 0.4) is 0 Å². The van der Waals surface area contributed by atoms with Crippen LogP contribution in [-0.4, -0.2) is 24.9 Å². The van der Waals surface area contributed by atoms with E-state index in [9.17, 15) is 4.79 Å². The molecular formula is C15H19N3O3. The monoisotopic (exact) mass is 289 g/mol. The van der Waals surface area contributed by atoms with Crippen molar-refractivity contribution in [1.29, 1.82) is 0 Å². The van der Waals surface area contributed by atoms with Crippen molar-refractivity contribution in [1.82, 2.24) is 10.5 Å². The zero-order valence-corrected chi connectivity index (χ0v) is 12.3. The molecule has 21 heavy (non-hydrogen) atoms. The number of urea groups is 1. The summed E-state index contributed by atoms with van der Waals surface area (Å²) in [6.45, 7) is 4.03. The van der Waals surface area contributed by atoms with Crippen molar-refractivity contribution < 1.29 is 14.1 Å². The fraction of sp³-hybridized carbons (Fsp3) is 0.333. The van der Waals surface area contributed by atoms with E-state index in [0.29, 0.717) is 18.2 Å². The summed E-state index contributed by atoms with van der Waals surface area (Å²) in [5.41, 5.74) is 1.01. The van der Waals surface area contributed by atoms with Crippen LogP contribution < -0.4 is 10.6 Å². The second kappa shape index (κ2) is 6.41. The summed E-state index contributed by atoms with van der Waals surface area (Å²) < 4.78 is 10.2. The lowest BCUT2D eigenvalue weighted by Crippen LogP contribution is -2.48. The summed E-state index contributed by atoms with van der Waals surface area (Å²) >= 11 is 0. The van der Waals surface area contributed by atoms with Crippen molar-refractivity contribution in [3.8, 4) is 0 Å². The zero-order valence-electron chi connectivity index (χ0n) is 12.3. The first-order valence-corrected chi connectivity index (χ1v) is 6.60. The Morgan fingerprint density at radius 1 is 1.38 bits per heavy atom. The summed E-state index contributed by atoms with van der Waals surface area (Å²) in [6, 6.07) is 10.9. The van der Waals surface area contributed by atoms with Gasteiger partial charge in [0.15, 0.2) is 0 Å². The number of carbonyl (C=O) groups is 1. The van der Waals surface area contributed by atoms with Gasteiger partial charge in [0.1, 0.15) is 0 Å². The Morgan fingerprint density at radius 2 is 2.10 bits per heavy atom. The molecule has 1 aromatic heterocycles. The average molecular weight is 289 g/mol. The Labute approximate surface area is 123 Å². The third-order valence-corrected chi connectivity index (χ3v) is 3.10. The number of amides is 2. The summed E-state index contributed by atoms with van der Waals surface area (Å²) in [4.78, 5) is 12.1. The highest BCUT2D eigenvalue weighted by Crippen LogP contribution is 2.21. The van der Waals surface area contributed by atoms with Gasteiger partial charge in [-0.2, -0.15) is 0 Å². The van der Waals surface area contributed by atoms with E-state index in [1.807, 2.05) is 37.3 Å². The molecule has 2 N–H and O–H groups in total. The predicted octanol–water partition coefficient (Wildman–Crippen LogP) is 2.67. The molecular weight excluding hydrogens is 270 g/mol. The third kappa shape index (κ3) is 3.82. The third-order valence-electron chi connectivity index (χ3n) is 3.10. The molecule has 2 aromatic rings. The molecule has 1 heterocycles. The molecule has 0 radical (unpaired) electrons. The molecule has 0 saturated carbocycles. The van der Waals surface area contributed by atoms with Gasteiger partial charge in [-0.25, -0.2) is 4.79 Å². The Kier molecular flexibility index (Phi) is 4.59. The molecule has 0 fully saturated rings. The molecule has 0 bridgehead atoms. The van der Waals surface area contributed by atoms with Crippen LogP contribution in [0.5, 0.6) is 0 Å². The number of hydrogen-bond donors (Lipinski definition) is 2. The van der Waals surface area contributed by atoms with Crippen molar-refractivity contribution in [3.05, 3.63) is 47.7 Å². The number of ether oxygens (including phenoxy) is 1.